The lowest BCUT2D eigenvalue weighted by molar-refractivity contribution is -0.152. The largest absolute Gasteiger partial charge is 0.337 e. The smallest absolute Gasteiger partial charge is 0.272 e. The maximum absolute atomic E-state index is 13.3. The van der Waals surface area contributed by atoms with E-state index in [4.69, 9.17) is 0 Å². The summed E-state index contributed by atoms with van der Waals surface area (Å²) in [6.45, 7) is 5.94. The Kier molecular flexibility index (Phi) is 4.99. The number of hydrogen-bond donors (Lipinski definition) is 1. The number of fused-ring (bicyclic) bond motifs is 5. The molecular formula is C23H31N5O2. The van der Waals surface area contributed by atoms with Crippen LogP contribution in [0.25, 0.3) is 11.0 Å². The van der Waals surface area contributed by atoms with Gasteiger partial charge < -0.3 is 9.80 Å². The molecule has 0 spiro atoms. The Morgan fingerprint density at radius 1 is 1.27 bits per heavy atom. The minimum atomic E-state index is -0.000560. The van der Waals surface area contributed by atoms with Gasteiger partial charge in [-0.1, -0.05) is 13.8 Å². The van der Waals surface area contributed by atoms with E-state index < -0.39 is 0 Å². The molecular weight excluding hydrogens is 378 g/mol. The lowest BCUT2D eigenvalue weighted by Gasteiger charge is -2.56. The second-order valence-electron chi connectivity index (χ2n) is 9.77. The molecule has 3 saturated heterocycles. The van der Waals surface area contributed by atoms with Crippen LogP contribution in [0.1, 0.15) is 62.9 Å². The molecule has 3 aliphatic heterocycles. The summed E-state index contributed by atoms with van der Waals surface area (Å²) in [7, 11) is 0. The quantitative estimate of drug-likeness (QED) is 0.840. The summed E-state index contributed by atoms with van der Waals surface area (Å²) >= 11 is 0. The SMILES string of the molecule is CC(C)CC[C@H]1[C@H]2C[C@H](CN(C(=O)c3ccc4cn[nH]c4n3)C2)[C@@H]2CCCC(=O)N21. The first-order chi connectivity index (χ1) is 14.5. The first-order valence-corrected chi connectivity index (χ1v) is 11.4. The molecule has 0 aliphatic carbocycles. The highest BCUT2D eigenvalue weighted by atomic mass is 16.2. The molecule has 2 aromatic heterocycles. The third-order valence-electron chi connectivity index (χ3n) is 7.34. The van der Waals surface area contributed by atoms with Crippen LogP contribution in [0, 0.1) is 17.8 Å². The van der Waals surface area contributed by atoms with E-state index in [9.17, 15) is 9.59 Å². The fraction of sp³-hybridized carbons (Fsp3) is 0.652. The van der Waals surface area contributed by atoms with Crippen LogP contribution in [-0.2, 0) is 4.79 Å². The maximum atomic E-state index is 13.3. The van der Waals surface area contributed by atoms with Crippen molar-refractivity contribution >= 4 is 22.8 Å². The number of amides is 2. The first-order valence-electron chi connectivity index (χ1n) is 11.4. The van der Waals surface area contributed by atoms with Gasteiger partial charge in [0.05, 0.1) is 6.20 Å². The average Bonchev–Trinajstić information content (AvgIpc) is 3.21. The van der Waals surface area contributed by atoms with Gasteiger partial charge in [0.15, 0.2) is 5.65 Å². The summed E-state index contributed by atoms with van der Waals surface area (Å²) in [5.74, 6) is 1.69. The van der Waals surface area contributed by atoms with Crippen LogP contribution in [-0.4, -0.2) is 62.0 Å². The molecule has 0 unspecified atom stereocenters. The Labute approximate surface area is 177 Å². The van der Waals surface area contributed by atoms with Gasteiger partial charge in [-0.25, -0.2) is 4.98 Å². The predicted molar refractivity (Wildman–Crippen MR) is 114 cm³/mol. The number of hydrogen-bond acceptors (Lipinski definition) is 4. The second kappa shape index (κ2) is 7.67. The molecule has 0 aromatic carbocycles. The van der Waals surface area contributed by atoms with Crippen molar-refractivity contribution in [2.24, 2.45) is 17.8 Å². The van der Waals surface area contributed by atoms with Crippen molar-refractivity contribution in [3.63, 3.8) is 0 Å². The fourth-order valence-electron chi connectivity index (χ4n) is 5.92. The number of nitrogens with zero attached hydrogens (tertiary/aromatic N) is 4. The second-order valence-corrected chi connectivity index (χ2v) is 9.77. The van der Waals surface area contributed by atoms with E-state index in [1.54, 1.807) is 12.3 Å². The highest BCUT2D eigenvalue weighted by molar-refractivity contribution is 5.94. The van der Waals surface area contributed by atoms with E-state index in [0.717, 1.165) is 50.6 Å². The summed E-state index contributed by atoms with van der Waals surface area (Å²) in [4.78, 5) is 35.0. The third-order valence-corrected chi connectivity index (χ3v) is 7.34. The Bertz CT molecular complexity index is 954. The highest BCUT2D eigenvalue weighted by Gasteiger charge is 2.49. The highest BCUT2D eigenvalue weighted by Crippen LogP contribution is 2.43. The summed E-state index contributed by atoms with van der Waals surface area (Å²) in [5, 5.41) is 7.78. The van der Waals surface area contributed by atoms with Gasteiger partial charge in [0.1, 0.15) is 5.69 Å². The van der Waals surface area contributed by atoms with E-state index in [1.807, 2.05) is 11.0 Å². The Morgan fingerprint density at radius 2 is 2.10 bits per heavy atom. The molecule has 0 radical (unpaired) electrons. The molecule has 2 bridgehead atoms. The molecule has 160 valence electrons. The zero-order valence-electron chi connectivity index (χ0n) is 17.9. The Balaban J connectivity index is 1.41. The molecule has 5 rings (SSSR count). The van der Waals surface area contributed by atoms with Crippen LogP contribution >= 0.6 is 0 Å². The number of likely N-dealkylation sites (tertiary alicyclic amines) is 1. The van der Waals surface area contributed by atoms with Gasteiger partial charge in [-0.3, -0.25) is 14.7 Å². The zero-order valence-corrected chi connectivity index (χ0v) is 17.9. The number of rotatable bonds is 4. The molecule has 30 heavy (non-hydrogen) atoms. The lowest BCUT2D eigenvalue weighted by atomic mass is 9.70. The molecule has 1 N–H and O–H groups in total. The minimum absolute atomic E-state index is 0.000560. The summed E-state index contributed by atoms with van der Waals surface area (Å²) in [6, 6.07) is 4.26. The van der Waals surface area contributed by atoms with Crippen molar-refractivity contribution in [3.05, 3.63) is 24.0 Å². The number of aromatic amines is 1. The van der Waals surface area contributed by atoms with Crippen molar-refractivity contribution in [2.45, 2.75) is 64.5 Å². The number of aromatic nitrogens is 3. The Hall–Kier alpha value is -2.44. The summed E-state index contributed by atoms with van der Waals surface area (Å²) < 4.78 is 0. The molecule has 2 aromatic rings. The van der Waals surface area contributed by atoms with Crippen molar-refractivity contribution < 1.29 is 9.59 Å². The normalized spacial score (nSPS) is 28.8. The van der Waals surface area contributed by atoms with E-state index >= 15 is 0 Å². The van der Waals surface area contributed by atoms with Crippen molar-refractivity contribution in [2.75, 3.05) is 13.1 Å². The van der Waals surface area contributed by atoms with Crippen LogP contribution in [0.3, 0.4) is 0 Å². The van der Waals surface area contributed by atoms with Crippen LogP contribution in [0.2, 0.25) is 0 Å². The number of nitrogens with one attached hydrogen (secondary N) is 1. The van der Waals surface area contributed by atoms with Gasteiger partial charge >= 0.3 is 0 Å². The number of piperidine rings is 3. The third kappa shape index (κ3) is 3.38. The molecule has 3 aliphatic rings. The maximum Gasteiger partial charge on any atom is 0.272 e. The molecule has 3 fully saturated rings. The standard InChI is InChI=1S/C23H31N5O2/c1-14(2)6-9-20-17-10-16(19-4-3-5-21(29)28(19)20)12-27(13-17)23(30)18-8-7-15-11-24-26-22(15)25-18/h7-8,11,14,16-17,19-20H,3-6,9-10,12-13H2,1-2H3,(H,24,25,26)/t16-,17+,19+,20+/m1/s1. The zero-order chi connectivity index (χ0) is 20.8. The number of H-pyrrole nitrogens is 1. The van der Waals surface area contributed by atoms with Crippen LogP contribution < -0.4 is 0 Å². The fourth-order valence-corrected chi connectivity index (χ4v) is 5.92. The van der Waals surface area contributed by atoms with Gasteiger partial charge in [0.25, 0.3) is 5.91 Å². The van der Waals surface area contributed by atoms with Crippen molar-refractivity contribution in [3.8, 4) is 0 Å². The van der Waals surface area contributed by atoms with Crippen molar-refractivity contribution in [1.29, 1.82) is 0 Å². The van der Waals surface area contributed by atoms with Crippen molar-refractivity contribution in [1.82, 2.24) is 25.0 Å². The molecule has 0 saturated carbocycles. The van der Waals surface area contributed by atoms with Gasteiger partial charge in [0.2, 0.25) is 5.91 Å². The van der Waals surface area contributed by atoms with E-state index in [1.165, 1.54) is 0 Å². The van der Waals surface area contributed by atoms with Gasteiger partial charge in [-0.05, 0) is 62.0 Å². The Morgan fingerprint density at radius 3 is 2.93 bits per heavy atom. The molecule has 7 heteroatoms. The predicted octanol–water partition coefficient (Wildman–Crippen LogP) is 3.24. The van der Waals surface area contributed by atoms with E-state index in [2.05, 4.69) is 33.9 Å². The molecule has 4 atom stereocenters. The minimum Gasteiger partial charge on any atom is -0.337 e. The van der Waals surface area contributed by atoms with E-state index in [-0.39, 0.29) is 11.9 Å². The topological polar surface area (TPSA) is 82.2 Å². The van der Waals surface area contributed by atoms with Crippen LogP contribution in [0.4, 0.5) is 0 Å². The summed E-state index contributed by atoms with van der Waals surface area (Å²) in [6.07, 6.45) is 7.74. The molecule has 7 nitrogen and oxygen atoms in total. The summed E-state index contributed by atoms with van der Waals surface area (Å²) in [5.41, 5.74) is 1.12. The monoisotopic (exact) mass is 409 g/mol. The number of pyridine rings is 1. The molecule has 2 amide bonds. The van der Waals surface area contributed by atoms with E-state index in [0.29, 0.717) is 47.5 Å². The lowest BCUT2D eigenvalue weighted by Crippen LogP contribution is -2.65. The number of carbonyl (C=O) groups excluding carboxylic acids is 2. The average molecular weight is 410 g/mol. The van der Waals surface area contributed by atoms with Gasteiger partial charge in [0, 0.05) is 37.0 Å². The van der Waals surface area contributed by atoms with Crippen LogP contribution in [0.5, 0.6) is 0 Å². The van der Waals surface area contributed by atoms with Gasteiger partial charge in [-0.2, -0.15) is 5.10 Å². The molecule has 5 heterocycles. The van der Waals surface area contributed by atoms with Crippen LogP contribution in [0.15, 0.2) is 18.3 Å². The number of carbonyl (C=O) groups is 2. The van der Waals surface area contributed by atoms with Gasteiger partial charge in [-0.15, -0.1) is 0 Å². The first kappa shape index (κ1) is 19.5.